The molecule has 2 aromatic rings. The van der Waals surface area contributed by atoms with Gasteiger partial charge < -0.3 is 15.7 Å². The fourth-order valence-corrected chi connectivity index (χ4v) is 4.24. The van der Waals surface area contributed by atoms with Gasteiger partial charge in [0.1, 0.15) is 5.56 Å². The molecule has 0 aromatic carbocycles. The molecule has 0 amide bonds. The topological polar surface area (TPSA) is 88.0 Å². The van der Waals surface area contributed by atoms with Crippen molar-refractivity contribution in [3.8, 4) is 0 Å². The van der Waals surface area contributed by atoms with Crippen LogP contribution >= 0.6 is 0 Å². The van der Waals surface area contributed by atoms with Crippen molar-refractivity contribution in [1.82, 2.24) is 4.40 Å². The van der Waals surface area contributed by atoms with Gasteiger partial charge in [-0.3, -0.25) is 9.20 Å². The van der Waals surface area contributed by atoms with Crippen LogP contribution in [0.2, 0.25) is 0 Å². The molecule has 3 N–H and O–H groups in total. The molecule has 1 aliphatic heterocycles. The van der Waals surface area contributed by atoms with E-state index in [9.17, 15) is 14.7 Å². The molecule has 2 aromatic heterocycles. The van der Waals surface area contributed by atoms with E-state index in [0.717, 1.165) is 31.0 Å². The number of hydrogen-bond acceptors (Lipinski definition) is 4. The summed E-state index contributed by atoms with van der Waals surface area (Å²) >= 11 is 0. The van der Waals surface area contributed by atoms with E-state index in [-0.39, 0.29) is 23.6 Å². The first-order valence-electron chi connectivity index (χ1n) is 8.93. The third-order valence-corrected chi connectivity index (χ3v) is 5.58. The predicted octanol–water partition coefficient (Wildman–Crippen LogP) is 2.25. The summed E-state index contributed by atoms with van der Waals surface area (Å²) < 4.78 is 16.2. The van der Waals surface area contributed by atoms with Crippen molar-refractivity contribution in [2.24, 2.45) is 5.73 Å². The van der Waals surface area contributed by atoms with Crippen molar-refractivity contribution in [3.05, 3.63) is 45.1 Å². The number of carboxylic acid groups (broad SMARTS) is 1. The highest BCUT2D eigenvalue weighted by molar-refractivity contribution is 5.89. The number of rotatable bonds is 3. The van der Waals surface area contributed by atoms with Crippen LogP contribution in [-0.2, 0) is 0 Å². The quantitative estimate of drug-likeness (QED) is 0.878. The fourth-order valence-electron chi connectivity index (χ4n) is 4.24. The van der Waals surface area contributed by atoms with Crippen LogP contribution in [0.25, 0.3) is 5.52 Å². The Labute approximate surface area is 150 Å². The molecular weight excluding hydrogens is 337 g/mol. The molecule has 1 aliphatic carbocycles. The van der Waals surface area contributed by atoms with Crippen LogP contribution in [-0.4, -0.2) is 34.1 Å². The normalized spacial score (nSPS) is 23.0. The van der Waals surface area contributed by atoms with E-state index in [0.29, 0.717) is 23.3 Å². The number of anilines is 1. The molecule has 4 rings (SSSR count). The van der Waals surface area contributed by atoms with Gasteiger partial charge in [-0.2, -0.15) is 0 Å². The third-order valence-electron chi connectivity index (χ3n) is 5.58. The number of aromatic carboxylic acids is 1. The fraction of sp³-hybridized carbons (Fsp3) is 0.474. The Morgan fingerprint density at radius 3 is 2.62 bits per heavy atom. The SMILES string of the molecule is Cc1c(N2C[C@@H](N)C[C@@H]2C)c(F)cn2c(=O)c(C(=O)O)cc(C3CC3)c12. The number of pyridine rings is 2. The molecule has 6 nitrogen and oxygen atoms in total. The largest absolute Gasteiger partial charge is 0.477 e. The minimum atomic E-state index is -1.28. The second kappa shape index (κ2) is 5.81. The molecule has 0 unspecified atom stereocenters. The summed E-state index contributed by atoms with van der Waals surface area (Å²) in [4.78, 5) is 26.0. The molecule has 138 valence electrons. The van der Waals surface area contributed by atoms with Crippen molar-refractivity contribution in [2.45, 2.75) is 51.1 Å². The van der Waals surface area contributed by atoms with Gasteiger partial charge in [0.15, 0.2) is 5.82 Å². The van der Waals surface area contributed by atoms with Crippen LogP contribution in [0.1, 0.15) is 53.6 Å². The van der Waals surface area contributed by atoms with Gasteiger partial charge in [0.25, 0.3) is 5.56 Å². The van der Waals surface area contributed by atoms with Gasteiger partial charge in [-0.1, -0.05) is 0 Å². The Balaban J connectivity index is 2.03. The Morgan fingerprint density at radius 2 is 2.08 bits per heavy atom. The van der Waals surface area contributed by atoms with E-state index in [4.69, 9.17) is 5.73 Å². The molecule has 0 radical (unpaired) electrons. The van der Waals surface area contributed by atoms with Crippen LogP contribution in [0, 0.1) is 12.7 Å². The molecule has 2 fully saturated rings. The summed E-state index contributed by atoms with van der Waals surface area (Å²) in [5.41, 5.74) is 7.62. The van der Waals surface area contributed by atoms with Crippen LogP contribution in [0.4, 0.5) is 10.1 Å². The lowest BCUT2D eigenvalue weighted by Crippen LogP contribution is -2.32. The highest BCUT2D eigenvalue weighted by atomic mass is 19.1. The van der Waals surface area contributed by atoms with Crippen molar-refractivity contribution >= 4 is 17.2 Å². The molecular formula is C19H22FN3O3. The number of hydrogen-bond donors (Lipinski definition) is 2. The van der Waals surface area contributed by atoms with Gasteiger partial charge in [-0.15, -0.1) is 0 Å². The Kier molecular flexibility index (Phi) is 3.80. The summed E-state index contributed by atoms with van der Waals surface area (Å²) in [5, 5.41) is 9.35. The highest BCUT2D eigenvalue weighted by Gasteiger charge is 2.33. The number of nitrogens with two attached hydrogens (primary N) is 1. The average molecular weight is 359 g/mol. The lowest BCUT2D eigenvalue weighted by atomic mass is 10.0. The second-order valence-electron chi connectivity index (χ2n) is 7.56. The lowest BCUT2D eigenvalue weighted by Gasteiger charge is -2.27. The minimum absolute atomic E-state index is 0.0143. The zero-order chi connectivity index (χ0) is 18.7. The maximum Gasteiger partial charge on any atom is 0.341 e. The number of halogens is 1. The zero-order valence-electron chi connectivity index (χ0n) is 14.8. The third kappa shape index (κ3) is 2.49. The number of fused-ring (bicyclic) bond motifs is 1. The molecule has 0 bridgehead atoms. The van der Waals surface area contributed by atoms with Gasteiger partial charge in [0.2, 0.25) is 0 Å². The summed E-state index contributed by atoms with van der Waals surface area (Å²) in [6.07, 6.45) is 3.81. The Hall–Kier alpha value is -2.41. The van der Waals surface area contributed by atoms with Gasteiger partial charge in [0, 0.05) is 18.6 Å². The minimum Gasteiger partial charge on any atom is -0.477 e. The maximum absolute atomic E-state index is 15.0. The lowest BCUT2D eigenvalue weighted by molar-refractivity contribution is 0.0694. The molecule has 3 heterocycles. The summed E-state index contributed by atoms with van der Waals surface area (Å²) in [6.45, 7) is 4.37. The van der Waals surface area contributed by atoms with E-state index in [1.165, 1.54) is 10.5 Å². The summed E-state index contributed by atoms with van der Waals surface area (Å²) in [7, 11) is 0. The van der Waals surface area contributed by atoms with E-state index >= 15 is 4.39 Å². The van der Waals surface area contributed by atoms with E-state index in [2.05, 4.69) is 0 Å². The number of aromatic nitrogens is 1. The molecule has 0 spiro atoms. The number of nitrogens with zero attached hydrogens (tertiary/aromatic N) is 2. The van der Waals surface area contributed by atoms with Gasteiger partial charge >= 0.3 is 5.97 Å². The zero-order valence-corrected chi connectivity index (χ0v) is 14.8. The summed E-state index contributed by atoms with van der Waals surface area (Å²) in [5.74, 6) is -1.59. The van der Waals surface area contributed by atoms with Crippen LogP contribution < -0.4 is 16.2 Å². The van der Waals surface area contributed by atoms with Crippen molar-refractivity contribution in [1.29, 1.82) is 0 Å². The van der Waals surface area contributed by atoms with E-state index in [1.54, 1.807) is 6.92 Å². The van der Waals surface area contributed by atoms with Gasteiger partial charge in [0.05, 0.1) is 17.4 Å². The van der Waals surface area contributed by atoms with E-state index < -0.39 is 17.3 Å². The number of carbonyl (C=O) groups is 1. The van der Waals surface area contributed by atoms with Gasteiger partial charge in [-0.05, 0) is 56.2 Å². The number of aryl methyl sites for hydroxylation is 1. The van der Waals surface area contributed by atoms with Crippen LogP contribution in [0.15, 0.2) is 17.1 Å². The van der Waals surface area contributed by atoms with E-state index in [1.807, 2.05) is 11.8 Å². The van der Waals surface area contributed by atoms with Crippen molar-refractivity contribution in [2.75, 3.05) is 11.4 Å². The Morgan fingerprint density at radius 1 is 1.38 bits per heavy atom. The molecule has 1 saturated carbocycles. The first-order chi connectivity index (χ1) is 12.3. The van der Waals surface area contributed by atoms with Crippen molar-refractivity contribution in [3.63, 3.8) is 0 Å². The maximum atomic E-state index is 15.0. The monoisotopic (exact) mass is 359 g/mol. The van der Waals surface area contributed by atoms with Crippen LogP contribution in [0.5, 0.6) is 0 Å². The second-order valence-corrected chi connectivity index (χ2v) is 7.56. The smallest absolute Gasteiger partial charge is 0.341 e. The first-order valence-corrected chi connectivity index (χ1v) is 8.93. The number of carboxylic acids is 1. The molecule has 2 aliphatic rings. The van der Waals surface area contributed by atoms with Crippen molar-refractivity contribution < 1.29 is 14.3 Å². The van der Waals surface area contributed by atoms with Gasteiger partial charge in [-0.25, -0.2) is 9.18 Å². The molecule has 26 heavy (non-hydrogen) atoms. The molecule has 1 saturated heterocycles. The highest BCUT2D eigenvalue weighted by Crippen LogP contribution is 2.44. The standard InChI is InChI=1S/C19H22FN3O3/c1-9-5-12(21)7-22(9)17-10(2)16-13(11-3-4-11)6-14(19(25)26)18(24)23(16)8-15(17)20/h6,8-9,11-12H,3-5,7,21H2,1-2H3,(H,25,26)/t9-,12-/m0/s1. The molecule has 2 atom stereocenters. The average Bonchev–Trinajstić information content (AvgIpc) is 3.34. The van der Waals surface area contributed by atoms with Crippen LogP contribution in [0.3, 0.4) is 0 Å². The summed E-state index contributed by atoms with van der Waals surface area (Å²) in [6, 6.07) is 1.57. The Bertz CT molecular complexity index is 980. The first kappa shape index (κ1) is 17.0. The predicted molar refractivity (Wildman–Crippen MR) is 96.7 cm³/mol. The molecule has 7 heteroatoms.